The third kappa shape index (κ3) is 2.47. The zero-order valence-electron chi connectivity index (χ0n) is 10.2. The standard InChI is InChI=1S/C14H16N4/c1-4-15-5-2-12(1)9-13-3-8-18(11-13)14-10-16-6-7-17-14/h1-2,4-7,10,13H,3,8-9,11H2/t13-/m0/s1. The Kier molecular flexibility index (Phi) is 3.17. The Morgan fingerprint density at radius 2 is 2.00 bits per heavy atom. The van der Waals surface area contributed by atoms with E-state index in [4.69, 9.17) is 0 Å². The Bertz CT molecular complexity index is 486. The first-order valence-corrected chi connectivity index (χ1v) is 6.31. The normalized spacial score (nSPS) is 19.1. The maximum atomic E-state index is 4.36. The van der Waals surface area contributed by atoms with Gasteiger partial charge in [0.05, 0.1) is 6.20 Å². The Hall–Kier alpha value is -1.97. The van der Waals surface area contributed by atoms with Gasteiger partial charge in [-0.1, -0.05) is 0 Å². The summed E-state index contributed by atoms with van der Waals surface area (Å²) in [5.41, 5.74) is 1.37. The van der Waals surface area contributed by atoms with Gasteiger partial charge in [-0.15, -0.1) is 0 Å². The van der Waals surface area contributed by atoms with Crippen molar-refractivity contribution in [1.82, 2.24) is 15.0 Å². The van der Waals surface area contributed by atoms with Gasteiger partial charge in [0.1, 0.15) is 5.82 Å². The minimum absolute atomic E-state index is 0.703. The van der Waals surface area contributed by atoms with E-state index in [-0.39, 0.29) is 0 Å². The number of anilines is 1. The van der Waals surface area contributed by atoms with Crippen LogP contribution in [0.5, 0.6) is 0 Å². The number of hydrogen-bond donors (Lipinski definition) is 0. The number of rotatable bonds is 3. The molecule has 3 rings (SSSR count). The molecule has 0 unspecified atom stereocenters. The van der Waals surface area contributed by atoms with Crippen LogP contribution in [-0.4, -0.2) is 28.0 Å². The van der Waals surface area contributed by atoms with Crippen LogP contribution in [0.2, 0.25) is 0 Å². The van der Waals surface area contributed by atoms with Gasteiger partial charge in [-0.2, -0.15) is 0 Å². The lowest BCUT2D eigenvalue weighted by molar-refractivity contribution is 0.586. The summed E-state index contributed by atoms with van der Waals surface area (Å²) >= 11 is 0. The second-order valence-electron chi connectivity index (χ2n) is 4.72. The summed E-state index contributed by atoms with van der Waals surface area (Å²) in [6.45, 7) is 2.15. The summed E-state index contributed by atoms with van der Waals surface area (Å²) in [7, 11) is 0. The summed E-state index contributed by atoms with van der Waals surface area (Å²) in [6, 6.07) is 4.20. The van der Waals surface area contributed by atoms with E-state index in [0.717, 1.165) is 25.3 Å². The molecule has 2 aromatic heterocycles. The van der Waals surface area contributed by atoms with Crippen LogP contribution in [0.15, 0.2) is 43.1 Å². The maximum Gasteiger partial charge on any atom is 0.147 e. The minimum Gasteiger partial charge on any atom is -0.355 e. The molecule has 0 aliphatic carbocycles. The van der Waals surface area contributed by atoms with Crippen molar-refractivity contribution in [2.75, 3.05) is 18.0 Å². The smallest absolute Gasteiger partial charge is 0.147 e. The second-order valence-corrected chi connectivity index (χ2v) is 4.72. The van der Waals surface area contributed by atoms with E-state index >= 15 is 0 Å². The van der Waals surface area contributed by atoms with Crippen LogP contribution in [0.3, 0.4) is 0 Å². The molecule has 0 N–H and O–H groups in total. The summed E-state index contributed by atoms with van der Waals surface area (Å²) < 4.78 is 0. The molecule has 3 heterocycles. The number of nitrogens with zero attached hydrogens (tertiary/aromatic N) is 4. The molecule has 18 heavy (non-hydrogen) atoms. The first kappa shape index (κ1) is 11.1. The van der Waals surface area contributed by atoms with E-state index in [0.29, 0.717) is 5.92 Å². The summed E-state index contributed by atoms with van der Waals surface area (Å²) in [6.07, 6.45) is 11.4. The average molecular weight is 240 g/mol. The van der Waals surface area contributed by atoms with E-state index < -0.39 is 0 Å². The predicted molar refractivity (Wildman–Crippen MR) is 70.3 cm³/mol. The zero-order chi connectivity index (χ0) is 12.2. The van der Waals surface area contributed by atoms with Gasteiger partial charge >= 0.3 is 0 Å². The molecule has 0 saturated carbocycles. The highest BCUT2D eigenvalue weighted by Crippen LogP contribution is 2.23. The highest BCUT2D eigenvalue weighted by molar-refractivity contribution is 5.36. The largest absolute Gasteiger partial charge is 0.355 e. The molecular weight excluding hydrogens is 224 g/mol. The van der Waals surface area contributed by atoms with Gasteiger partial charge in [-0.05, 0) is 36.5 Å². The van der Waals surface area contributed by atoms with E-state index in [1.165, 1.54) is 12.0 Å². The van der Waals surface area contributed by atoms with E-state index in [1.54, 1.807) is 12.4 Å². The first-order valence-electron chi connectivity index (χ1n) is 6.31. The van der Waals surface area contributed by atoms with Crippen LogP contribution in [0.25, 0.3) is 0 Å². The van der Waals surface area contributed by atoms with Crippen LogP contribution < -0.4 is 4.90 Å². The Balaban J connectivity index is 1.62. The monoisotopic (exact) mass is 240 g/mol. The van der Waals surface area contributed by atoms with E-state index in [2.05, 4.69) is 32.0 Å². The van der Waals surface area contributed by atoms with Crippen molar-refractivity contribution in [1.29, 1.82) is 0 Å². The van der Waals surface area contributed by atoms with Crippen molar-refractivity contribution in [3.8, 4) is 0 Å². The molecular formula is C14H16N4. The second kappa shape index (κ2) is 5.12. The third-order valence-electron chi connectivity index (χ3n) is 3.43. The van der Waals surface area contributed by atoms with Crippen molar-refractivity contribution in [3.63, 3.8) is 0 Å². The summed E-state index contributed by atoms with van der Waals surface area (Å²) in [5.74, 6) is 1.70. The fourth-order valence-electron chi connectivity index (χ4n) is 2.51. The lowest BCUT2D eigenvalue weighted by Gasteiger charge is -2.16. The molecule has 0 spiro atoms. The van der Waals surface area contributed by atoms with Gasteiger partial charge in [0.2, 0.25) is 0 Å². The SMILES string of the molecule is c1cc(C[C@@H]2CCN(c3cnccn3)C2)ccn1. The summed E-state index contributed by atoms with van der Waals surface area (Å²) in [4.78, 5) is 14.9. The fourth-order valence-corrected chi connectivity index (χ4v) is 2.51. The predicted octanol–water partition coefficient (Wildman–Crippen LogP) is 1.94. The average Bonchev–Trinajstić information content (AvgIpc) is 2.89. The Labute approximate surface area is 107 Å². The summed E-state index contributed by atoms with van der Waals surface area (Å²) in [5, 5.41) is 0. The van der Waals surface area contributed by atoms with Crippen molar-refractivity contribution in [3.05, 3.63) is 48.7 Å². The highest BCUT2D eigenvalue weighted by atomic mass is 15.2. The van der Waals surface area contributed by atoms with Crippen molar-refractivity contribution < 1.29 is 0 Å². The molecule has 92 valence electrons. The van der Waals surface area contributed by atoms with Gasteiger partial charge in [-0.25, -0.2) is 4.98 Å². The lowest BCUT2D eigenvalue weighted by atomic mass is 10.00. The molecule has 0 bridgehead atoms. The topological polar surface area (TPSA) is 41.9 Å². The molecule has 1 aliphatic rings. The van der Waals surface area contributed by atoms with Gasteiger partial charge < -0.3 is 4.90 Å². The van der Waals surface area contributed by atoms with Gasteiger partial charge in [0.25, 0.3) is 0 Å². The molecule has 1 atom stereocenters. The maximum absolute atomic E-state index is 4.36. The van der Waals surface area contributed by atoms with Gasteiger partial charge in [0.15, 0.2) is 0 Å². The molecule has 0 amide bonds. The number of hydrogen-bond acceptors (Lipinski definition) is 4. The first-order chi connectivity index (χ1) is 8.92. The number of pyridine rings is 1. The molecule has 1 aliphatic heterocycles. The van der Waals surface area contributed by atoms with Crippen LogP contribution in [-0.2, 0) is 6.42 Å². The molecule has 1 saturated heterocycles. The quantitative estimate of drug-likeness (QED) is 0.822. The van der Waals surface area contributed by atoms with Crippen LogP contribution in [0.4, 0.5) is 5.82 Å². The van der Waals surface area contributed by atoms with E-state index in [9.17, 15) is 0 Å². The molecule has 2 aromatic rings. The van der Waals surface area contributed by atoms with Gasteiger partial charge in [0, 0.05) is 37.9 Å². The lowest BCUT2D eigenvalue weighted by Crippen LogP contribution is -2.21. The van der Waals surface area contributed by atoms with Crippen LogP contribution in [0.1, 0.15) is 12.0 Å². The zero-order valence-corrected chi connectivity index (χ0v) is 10.2. The van der Waals surface area contributed by atoms with Crippen molar-refractivity contribution in [2.24, 2.45) is 5.92 Å². The Morgan fingerprint density at radius 3 is 2.78 bits per heavy atom. The van der Waals surface area contributed by atoms with Crippen molar-refractivity contribution >= 4 is 5.82 Å². The fraction of sp³-hybridized carbons (Fsp3) is 0.357. The third-order valence-corrected chi connectivity index (χ3v) is 3.43. The Morgan fingerprint density at radius 1 is 1.11 bits per heavy atom. The molecule has 4 nitrogen and oxygen atoms in total. The minimum atomic E-state index is 0.703. The van der Waals surface area contributed by atoms with Gasteiger partial charge in [-0.3, -0.25) is 9.97 Å². The molecule has 1 fully saturated rings. The number of aromatic nitrogens is 3. The van der Waals surface area contributed by atoms with Crippen LogP contribution in [0, 0.1) is 5.92 Å². The molecule has 4 heteroatoms. The molecule has 0 radical (unpaired) electrons. The van der Waals surface area contributed by atoms with E-state index in [1.807, 2.05) is 18.6 Å². The van der Waals surface area contributed by atoms with Crippen molar-refractivity contribution in [2.45, 2.75) is 12.8 Å². The highest BCUT2D eigenvalue weighted by Gasteiger charge is 2.23. The van der Waals surface area contributed by atoms with Crippen LogP contribution >= 0.6 is 0 Å². The molecule has 0 aromatic carbocycles.